The van der Waals surface area contributed by atoms with Crippen molar-refractivity contribution in [3.05, 3.63) is 34.4 Å². The van der Waals surface area contributed by atoms with Gasteiger partial charge in [0.25, 0.3) is 5.69 Å². The summed E-state index contributed by atoms with van der Waals surface area (Å²) in [6, 6.07) is 6.28. The van der Waals surface area contributed by atoms with E-state index in [9.17, 15) is 14.9 Å². The van der Waals surface area contributed by atoms with E-state index in [-0.39, 0.29) is 11.6 Å². The summed E-state index contributed by atoms with van der Waals surface area (Å²) >= 11 is 1.40. The minimum atomic E-state index is -0.423. The third kappa shape index (κ3) is 6.60. The van der Waals surface area contributed by atoms with Gasteiger partial charge in [-0.2, -0.15) is 0 Å². The van der Waals surface area contributed by atoms with Crippen molar-refractivity contribution in [1.82, 2.24) is 5.32 Å². The van der Waals surface area contributed by atoms with Crippen molar-refractivity contribution in [3.8, 4) is 0 Å². The normalized spacial score (nSPS) is 15.3. The highest BCUT2D eigenvalue weighted by Crippen LogP contribution is 2.27. The van der Waals surface area contributed by atoms with Crippen molar-refractivity contribution >= 4 is 23.4 Å². The monoisotopic (exact) mass is 336 g/mol. The van der Waals surface area contributed by atoms with Crippen LogP contribution in [0.1, 0.15) is 44.9 Å². The number of nitrogens with zero attached hydrogens (tertiary/aromatic N) is 1. The van der Waals surface area contributed by atoms with Crippen molar-refractivity contribution in [2.24, 2.45) is 5.92 Å². The van der Waals surface area contributed by atoms with Gasteiger partial charge in [0.2, 0.25) is 5.91 Å². The average molecular weight is 336 g/mol. The van der Waals surface area contributed by atoms with E-state index in [4.69, 9.17) is 0 Å². The smallest absolute Gasteiger partial charge is 0.269 e. The van der Waals surface area contributed by atoms with Gasteiger partial charge in [-0.25, -0.2) is 0 Å². The highest BCUT2D eigenvalue weighted by molar-refractivity contribution is 8.00. The Bertz CT molecular complexity index is 513. The van der Waals surface area contributed by atoms with E-state index in [2.05, 4.69) is 5.32 Å². The number of nitro groups is 1. The van der Waals surface area contributed by atoms with Crippen molar-refractivity contribution in [2.75, 3.05) is 12.3 Å². The second-order valence-corrected chi connectivity index (χ2v) is 7.08. The van der Waals surface area contributed by atoms with Crippen LogP contribution in [0.2, 0.25) is 0 Å². The van der Waals surface area contributed by atoms with Crippen LogP contribution in [0, 0.1) is 16.0 Å². The van der Waals surface area contributed by atoms with E-state index in [1.54, 1.807) is 12.1 Å². The highest BCUT2D eigenvalue weighted by atomic mass is 32.2. The third-order valence-electron chi connectivity index (χ3n) is 4.25. The molecule has 1 saturated carbocycles. The molecule has 126 valence electrons. The van der Waals surface area contributed by atoms with Crippen LogP contribution in [-0.2, 0) is 4.79 Å². The van der Waals surface area contributed by atoms with Crippen LogP contribution < -0.4 is 5.32 Å². The highest BCUT2D eigenvalue weighted by Gasteiger charge is 2.13. The molecule has 1 aromatic rings. The molecule has 0 aromatic heterocycles. The molecule has 1 amide bonds. The molecule has 6 heteroatoms. The SMILES string of the molecule is O=C(CSc1ccc([N+](=O)[O-])cc1)NCCCC1CCCCC1. The number of benzene rings is 1. The number of thioether (sulfide) groups is 1. The van der Waals surface area contributed by atoms with Gasteiger partial charge in [0.05, 0.1) is 10.7 Å². The Labute approximate surface area is 141 Å². The van der Waals surface area contributed by atoms with Crippen LogP contribution in [0.4, 0.5) is 5.69 Å². The second-order valence-electron chi connectivity index (χ2n) is 6.04. The maximum Gasteiger partial charge on any atom is 0.269 e. The lowest BCUT2D eigenvalue weighted by Crippen LogP contribution is -2.26. The van der Waals surface area contributed by atoms with Gasteiger partial charge in [-0.3, -0.25) is 14.9 Å². The molecule has 0 heterocycles. The summed E-state index contributed by atoms with van der Waals surface area (Å²) in [5, 5.41) is 13.5. The first-order valence-electron chi connectivity index (χ1n) is 8.29. The minimum absolute atomic E-state index is 0.0250. The van der Waals surface area contributed by atoms with Crippen molar-refractivity contribution < 1.29 is 9.72 Å². The maximum atomic E-state index is 11.8. The van der Waals surface area contributed by atoms with Crippen LogP contribution in [-0.4, -0.2) is 23.1 Å². The van der Waals surface area contributed by atoms with Crippen molar-refractivity contribution in [1.29, 1.82) is 0 Å². The number of non-ortho nitro benzene ring substituents is 1. The zero-order chi connectivity index (χ0) is 16.5. The third-order valence-corrected chi connectivity index (χ3v) is 5.27. The van der Waals surface area contributed by atoms with Gasteiger partial charge in [-0.05, 0) is 30.9 Å². The lowest BCUT2D eigenvalue weighted by Gasteiger charge is -2.21. The molecular formula is C17H24N2O3S. The van der Waals surface area contributed by atoms with Gasteiger partial charge in [-0.15, -0.1) is 11.8 Å². The Hall–Kier alpha value is -1.56. The lowest BCUT2D eigenvalue weighted by atomic mass is 9.86. The summed E-state index contributed by atoms with van der Waals surface area (Å²) in [6.07, 6.45) is 9.08. The maximum absolute atomic E-state index is 11.8. The Kier molecular flexibility index (Phi) is 7.39. The molecular weight excluding hydrogens is 312 g/mol. The van der Waals surface area contributed by atoms with Gasteiger partial charge in [0.15, 0.2) is 0 Å². The second kappa shape index (κ2) is 9.55. The Balaban J connectivity index is 1.58. The summed E-state index contributed by atoms with van der Waals surface area (Å²) in [6.45, 7) is 0.746. The quantitative estimate of drug-likeness (QED) is 0.335. The standard InChI is InChI=1S/C17H24N2O3S/c20-17(18-12-4-7-14-5-2-1-3-6-14)13-23-16-10-8-15(9-11-16)19(21)22/h8-11,14H,1-7,12-13H2,(H,18,20). The van der Waals surface area contributed by atoms with Crippen LogP contribution in [0.25, 0.3) is 0 Å². The fourth-order valence-electron chi connectivity index (χ4n) is 2.96. The Morgan fingerprint density at radius 3 is 2.57 bits per heavy atom. The molecule has 2 rings (SSSR count). The molecule has 5 nitrogen and oxygen atoms in total. The van der Waals surface area contributed by atoms with Crippen LogP contribution in [0.3, 0.4) is 0 Å². The first-order valence-corrected chi connectivity index (χ1v) is 9.27. The molecule has 23 heavy (non-hydrogen) atoms. The molecule has 0 atom stereocenters. The molecule has 1 N–H and O–H groups in total. The Morgan fingerprint density at radius 1 is 1.22 bits per heavy atom. The predicted octanol–water partition coefficient (Wildman–Crippen LogP) is 4.16. The molecule has 0 aliphatic heterocycles. The van der Waals surface area contributed by atoms with E-state index < -0.39 is 4.92 Å². The van der Waals surface area contributed by atoms with E-state index in [0.717, 1.165) is 23.8 Å². The predicted molar refractivity (Wildman–Crippen MR) is 92.6 cm³/mol. The molecule has 1 fully saturated rings. The number of nitrogens with one attached hydrogen (secondary N) is 1. The van der Waals surface area contributed by atoms with E-state index in [1.807, 2.05) is 0 Å². The minimum Gasteiger partial charge on any atom is -0.355 e. The fourth-order valence-corrected chi connectivity index (χ4v) is 3.69. The van der Waals surface area contributed by atoms with Crippen molar-refractivity contribution in [3.63, 3.8) is 0 Å². The molecule has 0 radical (unpaired) electrons. The summed E-state index contributed by atoms with van der Waals surface area (Å²) in [5.41, 5.74) is 0.0708. The number of amides is 1. The van der Waals surface area contributed by atoms with E-state index >= 15 is 0 Å². The number of carbonyl (C=O) groups is 1. The molecule has 0 unspecified atom stereocenters. The topological polar surface area (TPSA) is 72.2 Å². The zero-order valence-corrected chi connectivity index (χ0v) is 14.1. The van der Waals surface area contributed by atoms with Gasteiger partial charge >= 0.3 is 0 Å². The van der Waals surface area contributed by atoms with Gasteiger partial charge in [0.1, 0.15) is 0 Å². The Morgan fingerprint density at radius 2 is 1.91 bits per heavy atom. The zero-order valence-electron chi connectivity index (χ0n) is 13.3. The fraction of sp³-hybridized carbons (Fsp3) is 0.588. The molecule has 1 aliphatic rings. The lowest BCUT2D eigenvalue weighted by molar-refractivity contribution is -0.384. The summed E-state index contributed by atoms with van der Waals surface area (Å²) in [7, 11) is 0. The molecule has 0 bridgehead atoms. The molecule has 1 aliphatic carbocycles. The van der Waals surface area contributed by atoms with Crippen LogP contribution in [0.15, 0.2) is 29.2 Å². The van der Waals surface area contributed by atoms with E-state index in [1.165, 1.54) is 62.4 Å². The van der Waals surface area contributed by atoms with Gasteiger partial charge < -0.3 is 5.32 Å². The number of hydrogen-bond acceptors (Lipinski definition) is 4. The molecule has 0 spiro atoms. The molecule has 0 saturated heterocycles. The summed E-state index contributed by atoms with van der Waals surface area (Å²) < 4.78 is 0. The van der Waals surface area contributed by atoms with E-state index in [0.29, 0.717) is 5.75 Å². The number of nitro benzene ring substituents is 1. The largest absolute Gasteiger partial charge is 0.355 e. The number of hydrogen-bond donors (Lipinski definition) is 1. The van der Waals surface area contributed by atoms with Crippen LogP contribution in [0.5, 0.6) is 0 Å². The summed E-state index contributed by atoms with van der Waals surface area (Å²) in [4.78, 5) is 22.8. The molecule has 1 aromatic carbocycles. The first kappa shape index (κ1) is 17.8. The number of carbonyl (C=O) groups excluding carboxylic acids is 1. The van der Waals surface area contributed by atoms with Gasteiger partial charge in [-0.1, -0.05) is 32.1 Å². The first-order chi connectivity index (χ1) is 11.1. The average Bonchev–Trinajstić information content (AvgIpc) is 2.58. The number of rotatable bonds is 8. The van der Waals surface area contributed by atoms with Crippen molar-refractivity contribution in [2.45, 2.75) is 49.8 Å². The van der Waals surface area contributed by atoms with Gasteiger partial charge in [0, 0.05) is 23.6 Å². The summed E-state index contributed by atoms with van der Waals surface area (Å²) in [5.74, 6) is 1.23. The van der Waals surface area contributed by atoms with Crippen LogP contribution >= 0.6 is 11.8 Å².